The summed E-state index contributed by atoms with van der Waals surface area (Å²) in [5.41, 5.74) is -0.0976. The molecule has 1 saturated carbocycles. The Balaban J connectivity index is 1.59. The Labute approximate surface area is 89.6 Å². The van der Waals surface area contributed by atoms with E-state index in [2.05, 4.69) is 22.3 Å². The predicted molar refractivity (Wildman–Crippen MR) is 56.2 cm³/mol. The monoisotopic (exact) mass is 207 g/mol. The summed E-state index contributed by atoms with van der Waals surface area (Å²) in [6.07, 6.45) is 2.37. The molecule has 0 spiro atoms. The normalized spacial score (nSPS) is 51.1. The van der Waals surface area contributed by atoms with Crippen LogP contribution in [0.4, 0.5) is 0 Å². The van der Waals surface area contributed by atoms with Gasteiger partial charge < -0.3 is 15.1 Å². The summed E-state index contributed by atoms with van der Waals surface area (Å²) >= 11 is 0. The maximum absolute atomic E-state index is 5.64. The first-order valence-electron chi connectivity index (χ1n) is 6.04. The molecule has 4 atom stereocenters. The van der Waals surface area contributed by atoms with Crippen LogP contribution in [-0.2, 0) is 4.84 Å². The molecule has 3 aliphatic heterocycles. The first-order chi connectivity index (χ1) is 7.30. The fraction of sp³-hybridized carbons (Fsp3) is 0.909. The van der Waals surface area contributed by atoms with Crippen molar-refractivity contribution in [1.29, 1.82) is 0 Å². The van der Waals surface area contributed by atoms with Crippen molar-refractivity contribution in [2.45, 2.75) is 25.5 Å². The van der Waals surface area contributed by atoms with Gasteiger partial charge in [0.15, 0.2) is 5.84 Å². The Morgan fingerprint density at radius 2 is 2.27 bits per heavy atom. The lowest BCUT2D eigenvalue weighted by Crippen LogP contribution is -2.42. The molecule has 82 valence electrons. The van der Waals surface area contributed by atoms with E-state index in [9.17, 15) is 0 Å². The summed E-state index contributed by atoms with van der Waals surface area (Å²) in [4.78, 5) is 8.05. The fourth-order valence-electron chi connectivity index (χ4n) is 3.62. The standard InChI is InChI=1S/C11H17N3O/c1-11-3-2-4-14(11)10(13-15-11)9-7-5-12-6-8(7)9/h7-9,12H,2-6H2,1H3/t7-,8+,9?,11?. The number of piperidine rings is 1. The van der Waals surface area contributed by atoms with E-state index >= 15 is 0 Å². The van der Waals surface area contributed by atoms with Crippen LogP contribution in [0.5, 0.6) is 0 Å². The van der Waals surface area contributed by atoms with Crippen molar-refractivity contribution < 1.29 is 4.84 Å². The van der Waals surface area contributed by atoms with Crippen molar-refractivity contribution in [2.24, 2.45) is 22.9 Å². The molecule has 1 N–H and O–H groups in total. The van der Waals surface area contributed by atoms with Gasteiger partial charge in [0, 0.05) is 18.9 Å². The average Bonchev–Trinajstić information content (AvgIpc) is 2.63. The number of nitrogens with one attached hydrogen (secondary N) is 1. The van der Waals surface area contributed by atoms with Gasteiger partial charge in [-0.3, -0.25) is 0 Å². The van der Waals surface area contributed by atoms with E-state index in [1.165, 1.54) is 25.3 Å². The SMILES string of the molecule is CC12CCCN1C(C1[C@H]3CNC[C@@H]13)=NO2. The van der Waals surface area contributed by atoms with E-state index < -0.39 is 0 Å². The van der Waals surface area contributed by atoms with Crippen molar-refractivity contribution in [3.63, 3.8) is 0 Å². The van der Waals surface area contributed by atoms with Gasteiger partial charge in [0.25, 0.3) is 0 Å². The lowest BCUT2D eigenvalue weighted by Gasteiger charge is -2.27. The second kappa shape index (κ2) is 2.48. The molecule has 3 fully saturated rings. The molecule has 4 heteroatoms. The number of rotatable bonds is 1. The maximum atomic E-state index is 5.64. The molecule has 1 aliphatic carbocycles. The van der Waals surface area contributed by atoms with Crippen molar-refractivity contribution in [1.82, 2.24) is 10.2 Å². The van der Waals surface area contributed by atoms with Gasteiger partial charge in [-0.15, -0.1) is 0 Å². The summed E-state index contributed by atoms with van der Waals surface area (Å²) in [6.45, 7) is 5.67. The van der Waals surface area contributed by atoms with Gasteiger partial charge >= 0.3 is 0 Å². The van der Waals surface area contributed by atoms with Gasteiger partial charge in [0.05, 0.1) is 0 Å². The fourth-order valence-corrected chi connectivity index (χ4v) is 3.62. The molecule has 0 aromatic rings. The maximum Gasteiger partial charge on any atom is 0.208 e. The molecule has 0 amide bonds. The third kappa shape index (κ3) is 0.936. The van der Waals surface area contributed by atoms with Crippen LogP contribution in [0.1, 0.15) is 19.8 Å². The van der Waals surface area contributed by atoms with Crippen LogP contribution in [0.3, 0.4) is 0 Å². The highest BCUT2D eigenvalue weighted by Crippen LogP contribution is 2.53. The zero-order chi connectivity index (χ0) is 10.0. The first kappa shape index (κ1) is 8.39. The van der Waals surface area contributed by atoms with Gasteiger partial charge in [-0.1, -0.05) is 5.16 Å². The molecule has 4 nitrogen and oxygen atoms in total. The molecule has 3 heterocycles. The van der Waals surface area contributed by atoms with E-state index in [4.69, 9.17) is 4.84 Å². The lowest BCUT2D eigenvalue weighted by molar-refractivity contribution is -0.0627. The quantitative estimate of drug-likeness (QED) is 0.684. The van der Waals surface area contributed by atoms with Crippen LogP contribution >= 0.6 is 0 Å². The van der Waals surface area contributed by atoms with E-state index in [-0.39, 0.29) is 5.72 Å². The van der Waals surface area contributed by atoms with Crippen LogP contribution in [0.25, 0.3) is 0 Å². The average molecular weight is 207 g/mol. The lowest BCUT2D eigenvalue weighted by atomic mass is 10.1. The van der Waals surface area contributed by atoms with Crippen LogP contribution in [-0.4, -0.2) is 36.1 Å². The highest BCUT2D eigenvalue weighted by atomic mass is 16.7. The summed E-state index contributed by atoms with van der Waals surface area (Å²) in [7, 11) is 0. The minimum Gasteiger partial charge on any atom is -0.366 e. The largest absolute Gasteiger partial charge is 0.366 e. The minimum absolute atomic E-state index is 0.0976. The molecule has 0 aromatic carbocycles. The van der Waals surface area contributed by atoms with Crippen molar-refractivity contribution >= 4 is 5.84 Å². The van der Waals surface area contributed by atoms with Gasteiger partial charge in [0.2, 0.25) is 5.72 Å². The van der Waals surface area contributed by atoms with E-state index in [0.717, 1.165) is 24.8 Å². The summed E-state index contributed by atoms with van der Waals surface area (Å²) in [5, 5.41) is 7.78. The van der Waals surface area contributed by atoms with Gasteiger partial charge in [0.1, 0.15) is 0 Å². The smallest absolute Gasteiger partial charge is 0.208 e. The van der Waals surface area contributed by atoms with Crippen LogP contribution in [0.15, 0.2) is 5.16 Å². The van der Waals surface area contributed by atoms with Crippen LogP contribution in [0.2, 0.25) is 0 Å². The molecular formula is C11H17N3O. The molecule has 0 radical (unpaired) electrons. The van der Waals surface area contributed by atoms with E-state index in [1.54, 1.807) is 0 Å². The molecule has 15 heavy (non-hydrogen) atoms. The van der Waals surface area contributed by atoms with E-state index in [1.807, 2.05) is 0 Å². The van der Waals surface area contributed by atoms with Gasteiger partial charge in [-0.25, -0.2) is 0 Å². The van der Waals surface area contributed by atoms with Gasteiger partial charge in [-0.2, -0.15) is 0 Å². The predicted octanol–water partition coefficient (Wildman–Crippen LogP) is 0.607. The zero-order valence-electron chi connectivity index (χ0n) is 9.07. The van der Waals surface area contributed by atoms with Crippen LogP contribution < -0.4 is 5.32 Å². The minimum atomic E-state index is -0.0976. The number of nitrogens with zero attached hydrogens (tertiary/aromatic N) is 2. The van der Waals surface area contributed by atoms with E-state index in [0.29, 0.717) is 5.92 Å². The Morgan fingerprint density at radius 1 is 1.47 bits per heavy atom. The topological polar surface area (TPSA) is 36.9 Å². The van der Waals surface area contributed by atoms with Crippen molar-refractivity contribution in [3.8, 4) is 0 Å². The highest BCUT2D eigenvalue weighted by molar-refractivity contribution is 5.89. The number of hydrogen-bond acceptors (Lipinski definition) is 4. The molecule has 2 saturated heterocycles. The summed E-state index contributed by atoms with van der Waals surface area (Å²) < 4.78 is 0. The molecule has 2 unspecified atom stereocenters. The second-order valence-corrected chi connectivity index (χ2v) is 5.48. The molecule has 4 rings (SSSR count). The second-order valence-electron chi connectivity index (χ2n) is 5.48. The van der Waals surface area contributed by atoms with Crippen LogP contribution in [0, 0.1) is 17.8 Å². The Bertz CT molecular complexity index is 333. The molecule has 4 aliphatic rings. The first-order valence-corrected chi connectivity index (χ1v) is 6.04. The summed E-state index contributed by atoms with van der Waals surface area (Å²) in [5.74, 6) is 3.64. The van der Waals surface area contributed by atoms with Crippen molar-refractivity contribution in [2.75, 3.05) is 19.6 Å². The molecule has 0 aromatic heterocycles. The summed E-state index contributed by atoms with van der Waals surface area (Å²) in [6, 6.07) is 0. The number of fused-ring (bicyclic) bond motifs is 2. The third-order valence-corrected chi connectivity index (χ3v) is 4.60. The third-order valence-electron chi connectivity index (χ3n) is 4.60. The highest BCUT2D eigenvalue weighted by Gasteiger charge is 2.60. The Hall–Kier alpha value is -0.770. The Kier molecular flexibility index (Phi) is 1.39. The Morgan fingerprint density at radius 3 is 3.07 bits per heavy atom. The van der Waals surface area contributed by atoms with Crippen molar-refractivity contribution in [3.05, 3.63) is 0 Å². The number of amidine groups is 1. The number of hydrogen-bond donors (Lipinski definition) is 1. The molecule has 0 bridgehead atoms. The zero-order valence-corrected chi connectivity index (χ0v) is 9.07. The number of oxime groups is 1. The van der Waals surface area contributed by atoms with Gasteiger partial charge in [-0.05, 0) is 38.3 Å². The molecular weight excluding hydrogens is 190 g/mol.